The maximum atomic E-state index is 12.3. The third-order valence-corrected chi connectivity index (χ3v) is 3.36. The lowest BCUT2D eigenvalue weighted by Crippen LogP contribution is -2.50. The summed E-state index contributed by atoms with van der Waals surface area (Å²) < 4.78 is 5.39. The molecule has 1 aromatic carbocycles. The van der Waals surface area contributed by atoms with Crippen molar-refractivity contribution in [3.8, 4) is 0 Å². The largest absolute Gasteiger partial charge is 0.394 e. The topological polar surface area (TPSA) is 49.8 Å². The molecule has 1 heterocycles. The van der Waals surface area contributed by atoms with E-state index in [2.05, 4.69) is 4.90 Å². The molecule has 0 radical (unpaired) electrons. The fourth-order valence-corrected chi connectivity index (χ4v) is 2.21. The van der Waals surface area contributed by atoms with Gasteiger partial charge in [0.25, 0.3) is 0 Å². The lowest BCUT2D eigenvalue weighted by Gasteiger charge is -2.35. The van der Waals surface area contributed by atoms with Gasteiger partial charge < -0.3 is 9.84 Å². The van der Waals surface area contributed by atoms with Crippen LogP contribution in [0.2, 0.25) is 0 Å². The van der Waals surface area contributed by atoms with Crippen LogP contribution in [0.15, 0.2) is 30.3 Å². The zero-order valence-corrected chi connectivity index (χ0v) is 10.6. The normalized spacial score (nSPS) is 22.7. The summed E-state index contributed by atoms with van der Waals surface area (Å²) in [5.74, 6) is 0.120. The SMILES string of the molecule is CC(C(=O)c1ccccc1)N1CCOC(CO)C1. The van der Waals surface area contributed by atoms with Crippen LogP contribution in [0.4, 0.5) is 0 Å². The predicted octanol–water partition coefficient (Wildman–Crippen LogP) is 0.951. The third-order valence-electron chi connectivity index (χ3n) is 3.36. The molecule has 1 fully saturated rings. The Kier molecular flexibility index (Phi) is 4.47. The summed E-state index contributed by atoms with van der Waals surface area (Å²) in [6, 6.07) is 9.14. The molecular formula is C14H19NO3. The molecule has 0 bridgehead atoms. The van der Waals surface area contributed by atoms with Crippen molar-refractivity contribution in [1.29, 1.82) is 0 Å². The molecule has 2 atom stereocenters. The number of benzene rings is 1. The second kappa shape index (κ2) is 6.09. The van der Waals surface area contributed by atoms with Gasteiger partial charge in [-0.05, 0) is 6.92 Å². The van der Waals surface area contributed by atoms with E-state index in [1.807, 2.05) is 37.3 Å². The molecule has 0 spiro atoms. The highest BCUT2D eigenvalue weighted by Gasteiger charge is 2.27. The predicted molar refractivity (Wildman–Crippen MR) is 68.6 cm³/mol. The Hall–Kier alpha value is -1.23. The number of Topliss-reactive ketones (excluding diaryl/α,β-unsaturated/α-hetero) is 1. The van der Waals surface area contributed by atoms with Gasteiger partial charge in [-0.2, -0.15) is 0 Å². The lowest BCUT2D eigenvalue weighted by atomic mass is 10.0. The molecule has 18 heavy (non-hydrogen) atoms. The highest BCUT2D eigenvalue weighted by molar-refractivity contribution is 5.99. The Labute approximate surface area is 107 Å². The summed E-state index contributed by atoms with van der Waals surface area (Å²) in [4.78, 5) is 14.4. The standard InChI is InChI=1S/C14H19NO3/c1-11(14(17)12-5-3-2-4-6-12)15-7-8-18-13(9-15)10-16/h2-6,11,13,16H,7-10H2,1H3. The molecular weight excluding hydrogens is 230 g/mol. The van der Waals surface area contributed by atoms with E-state index in [4.69, 9.17) is 9.84 Å². The van der Waals surface area contributed by atoms with Crippen LogP contribution in [0, 0.1) is 0 Å². The van der Waals surface area contributed by atoms with Crippen LogP contribution in [0.5, 0.6) is 0 Å². The molecule has 1 saturated heterocycles. The van der Waals surface area contributed by atoms with E-state index in [0.29, 0.717) is 13.2 Å². The Balaban J connectivity index is 2.02. The van der Waals surface area contributed by atoms with Crippen LogP contribution in [0.1, 0.15) is 17.3 Å². The van der Waals surface area contributed by atoms with E-state index in [1.54, 1.807) is 0 Å². The number of aliphatic hydroxyl groups is 1. The molecule has 0 amide bonds. The molecule has 4 heteroatoms. The average Bonchev–Trinajstić information content (AvgIpc) is 2.46. The van der Waals surface area contributed by atoms with Gasteiger partial charge in [0.15, 0.2) is 5.78 Å². The summed E-state index contributed by atoms with van der Waals surface area (Å²) in [6.45, 7) is 3.82. The molecule has 2 rings (SSSR count). The van der Waals surface area contributed by atoms with Crippen LogP contribution in [-0.4, -0.2) is 54.2 Å². The molecule has 0 aromatic heterocycles. The van der Waals surface area contributed by atoms with E-state index in [0.717, 1.165) is 12.1 Å². The summed E-state index contributed by atoms with van der Waals surface area (Å²) in [5, 5.41) is 9.11. The Morgan fingerprint density at radius 2 is 2.22 bits per heavy atom. The number of rotatable bonds is 4. The molecule has 4 nitrogen and oxygen atoms in total. The zero-order valence-electron chi connectivity index (χ0n) is 10.6. The summed E-state index contributed by atoms with van der Waals surface area (Å²) in [5.41, 5.74) is 0.733. The van der Waals surface area contributed by atoms with E-state index in [1.165, 1.54) is 0 Å². The number of carbonyl (C=O) groups excluding carboxylic acids is 1. The van der Waals surface area contributed by atoms with Crippen molar-refractivity contribution >= 4 is 5.78 Å². The van der Waals surface area contributed by atoms with Crippen molar-refractivity contribution in [2.75, 3.05) is 26.3 Å². The number of hydrogen-bond acceptors (Lipinski definition) is 4. The van der Waals surface area contributed by atoms with Crippen molar-refractivity contribution in [1.82, 2.24) is 4.90 Å². The maximum Gasteiger partial charge on any atom is 0.179 e. The Morgan fingerprint density at radius 1 is 1.50 bits per heavy atom. The number of aliphatic hydroxyl groups excluding tert-OH is 1. The minimum atomic E-state index is -0.176. The second-order valence-electron chi connectivity index (χ2n) is 4.58. The second-order valence-corrected chi connectivity index (χ2v) is 4.58. The van der Waals surface area contributed by atoms with E-state index in [-0.39, 0.29) is 24.5 Å². The van der Waals surface area contributed by atoms with Gasteiger partial charge in [-0.3, -0.25) is 9.69 Å². The van der Waals surface area contributed by atoms with Crippen molar-refractivity contribution in [2.24, 2.45) is 0 Å². The summed E-state index contributed by atoms with van der Waals surface area (Å²) >= 11 is 0. The van der Waals surface area contributed by atoms with E-state index in [9.17, 15) is 4.79 Å². The quantitative estimate of drug-likeness (QED) is 0.807. The number of hydrogen-bond donors (Lipinski definition) is 1. The van der Waals surface area contributed by atoms with Gasteiger partial charge in [0.1, 0.15) is 0 Å². The molecule has 0 saturated carbocycles. The zero-order chi connectivity index (χ0) is 13.0. The van der Waals surface area contributed by atoms with Crippen molar-refractivity contribution in [3.63, 3.8) is 0 Å². The third kappa shape index (κ3) is 2.96. The molecule has 1 N–H and O–H groups in total. The van der Waals surface area contributed by atoms with Crippen LogP contribution >= 0.6 is 0 Å². The molecule has 98 valence electrons. The van der Waals surface area contributed by atoms with Gasteiger partial charge in [0, 0.05) is 18.7 Å². The smallest absolute Gasteiger partial charge is 0.179 e. The van der Waals surface area contributed by atoms with Gasteiger partial charge in [-0.15, -0.1) is 0 Å². The molecule has 1 aliphatic heterocycles. The lowest BCUT2D eigenvalue weighted by molar-refractivity contribution is -0.0592. The van der Waals surface area contributed by atoms with Crippen LogP contribution in [0.25, 0.3) is 0 Å². The number of nitrogens with zero attached hydrogens (tertiary/aromatic N) is 1. The summed E-state index contributed by atoms with van der Waals surface area (Å²) in [6.07, 6.45) is -0.176. The highest BCUT2D eigenvalue weighted by Crippen LogP contribution is 2.13. The van der Waals surface area contributed by atoms with Crippen LogP contribution < -0.4 is 0 Å². The maximum absolute atomic E-state index is 12.3. The van der Waals surface area contributed by atoms with E-state index >= 15 is 0 Å². The summed E-state index contributed by atoms with van der Waals surface area (Å²) in [7, 11) is 0. The van der Waals surface area contributed by atoms with Gasteiger partial charge in [-0.1, -0.05) is 30.3 Å². The van der Waals surface area contributed by atoms with E-state index < -0.39 is 0 Å². The first-order chi connectivity index (χ1) is 8.72. The molecule has 1 aliphatic rings. The fraction of sp³-hybridized carbons (Fsp3) is 0.500. The van der Waals surface area contributed by atoms with Gasteiger partial charge in [0.05, 0.1) is 25.4 Å². The minimum Gasteiger partial charge on any atom is -0.394 e. The van der Waals surface area contributed by atoms with Crippen molar-refractivity contribution < 1.29 is 14.6 Å². The monoisotopic (exact) mass is 249 g/mol. The van der Waals surface area contributed by atoms with Gasteiger partial charge in [0.2, 0.25) is 0 Å². The number of carbonyl (C=O) groups is 1. The average molecular weight is 249 g/mol. The number of morpholine rings is 1. The first-order valence-electron chi connectivity index (χ1n) is 6.28. The molecule has 0 aliphatic carbocycles. The molecule has 2 unspecified atom stereocenters. The van der Waals surface area contributed by atoms with Crippen LogP contribution in [0.3, 0.4) is 0 Å². The van der Waals surface area contributed by atoms with Gasteiger partial charge in [-0.25, -0.2) is 0 Å². The number of ketones is 1. The Bertz CT molecular complexity index is 393. The first kappa shape index (κ1) is 13.2. The first-order valence-corrected chi connectivity index (χ1v) is 6.28. The fourth-order valence-electron chi connectivity index (χ4n) is 2.21. The van der Waals surface area contributed by atoms with Crippen molar-refractivity contribution in [2.45, 2.75) is 19.1 Å². The highest BCUT2D eigenvalue weighted by atomic mass is 16.5. The molecule has 1 aromatic rings. The van der Waals surface area contributed by atoms with Crippen molar-refractivity contribution in [3.05, 3.63) is 35.9 Å². The Morgan fingerprint density at radius 3 is 2.89 bits per heavy atom. The van der Waals surface area contributed by atoms with Gasteiger partial charge >= 0.3 is 0 Å². The van der Waals surface area contributed by atoms with Crippen LogP contribution in [-0.2, 0) is 4.74 Å². The minimum absolute atomic E-state index is 0.00273. The number of ether oxygens (including phenoxy) is 1.